The van der Waals surface area contributed by atoms with Crippen LogP contribution in [0.2, 0.25) is 5.02 Å². The normalized spacial score (nSPS) is 13.1. The topological polar surface area (TPSA) is 75.3 Å². The summed E-state index contributed by atoms with van der Waals surface area (Å²) in [6, 6.07) is 13.2. The number of anilines is 2. The molecule has 0 unspecified atom stereocenters. The van der Waals surface area contributed by atoms with Crippen molar-refractivity contribution in [1.82, 2.24) is 0 Å². The van der Waals surface area contributed by atoms with E-state index in [-0.39, 0.29) is 10.8 Å². The van der Waals surface area contributed by atoms with Gasteiger partial charge in [-0.1, -0.05) is 29.8 Å². The lowest BCUT2D eigenvalue weighted by Crippen LogP contribution is -2.14. The minimum Gasteiger partial charge on any atom is -0.321 e. The number of rotatable bonds is 3. The first-order chi connectivity index (χ1) is 11.9. The first-order valence-corrected chi connectivity index (χ1v) is 9.39. The molecule has 2 N–H and O–H groups in total. The van der Waals surface area contributed by atoms with E-state index in [9.17, 15) is 13.2 Å². The van der Waals surface area contributed by atoms with Gasteiger partial charge in [0.15, 0.2) is 0 Å². The fraction of sp³-hybridized carbons (Fsp3) is 0.0556. The van der Waals surface area contributed by atoms with Gasteiger partial charge in [0.2, 0.25) is 0 Å². The highest BCUT2D eigenvalue weighted by molar-refractivity contribution is 7.93. The van der Waals surface area contributed by atoms with Gasteiger partial charge in [0, 0.05) is 27.0 Å². The van der Waals surface area contributed by atoms with Gasteiger partial charge in [-0.2, -0.15) is 0 Å². The summed E-state index contributed by atoms with van der Waals surface area (Å²) < 4.78 is 28.5. The van der Waals surface area contributed by atoms with E-state index in [1.165, 1.54) is 6.07 Å². The Morgan fingerprint density at radius 1 is 1.04 bits per heavy atom. The molecule has 1 aliphatic heterocycles. The highest BCUT2D eigenvalue weighted by atomic mass is 35.5. The summed E-state index contributed by atoms with van der Waals surface area (Å²) in [5, 5.41) is 4.35. The van der Waals surface area contributed by atoms with Crippen molar-refractivity contribution < 1.29 is 13.2 Å². The van der Waals surface area contributed by atoms with Crippen molar-refractivity contribution in [3.8, 4) is 0 Å². The molecule has 0 radical (unpaired) electrons. The van der Waals surface area contributed by atoms with Gasteiger partial charge >= 0.3 is 0 Å². The van der Waals surface area contributed by atoms with Crippen molar-refractivity contribution in [1.29, 1.82) is 0 Å². The van der Waals surface area contributed by atoms with Crippen LogP contribution in [0.5, 0.6) is 0 Å². The maximum Gasteiger partial charge on any atom is 0.262 e. The molecule has 0 bridgehead atoms. The molecule has 0 fully saturated rings. The van der Waals surface area contributed by atoms with Crippen LogP contribution in [-0.4, -0.2) is 14.3 Å². The molecule has 5 nitrogen and oxygen atoms in total. The fourth-order valence-corrected chi connectivity index (χ4v) is 4.52. The minimum atomic E-state index is -3.85. The van der Waals surface area contributed by atoms with Crippen molar-refractivity contribution in [2.45, 2.75) is 11.8 Å². The van der Waals surface area contributed by atoms with Crippen LogP contribution in [-0.2, 0) is 10.0 Å². The quantitative estimate of drug-likeness (QED) is 0.724. The first kappa shape index (κ1) is 15.9. The summed E-state index contributed by atoms with van der Waals surface area (Å²) in [6.07, 6.45) is 0. The number of sulfonamides is 1. The third kappa shape index (κ3) is 2.45. The second kappa shape index (κ2) is 5.47. The monoisotopic (exact) mass is 372 g/mol. The minimum absolute atomic E-state index is 0.115. The van der Waals surface area contributed by atoms with Crippen molar-refractivity contribution in [3.05, 3.63) is 64.7 Å². The van der Waals surface area contributed by atoms with Crippen LogP contribution in [0.15, 0.2) is 53.4 Å². The molecule has 0 aromatic heterocycles. The number of hydrogen-bond donors (Lipinski definition) is 2. The summed E-state index contributed by atoms with van der Waals surface area (Å²) in [7, 11) is -3.85. The van der Waals surface area contributed by atoms with Crippen LogP contribution in [0.3, 0.4) is 0 Å². The molecule has 1 amide bonds. The average molecular weight is 373 g/mol. The maximum absolute atomic E-state index is 12.9. The van der Waals surface area contributed by atoms with Crippen LogP contribution in [0, 0.1) is 6.92 Å². The average Bonchev–Trinajstić information content (AvgIpc) is 2.90. The first-order valence-electron chi connectivity index (χ1n) is 7.53. The summed E-state index contributed by atoms with van der Waals surface area (Å²) in [4.78, 5) is 12.1. The Morgan fingerprint density at radius 2 is 1.80 bits per heavy atom. The van der Waals surface area contributed by atoms with Gasteiger partial charge in [-0.25, -0.2) is 8.42 Å². The zero-order valence-corrected chi connectivity index (χ0v) is 14.7. The molecule has 7 heteroatoms. The zero-order valence-electron chi connectivity index (χ0n) is 13.1. The largest absolute Gasteiger partial charge is 0.321 e. The van der Waals surface area contributed by atoms with E-state index in [2.05, 4.69) is 10.0 Å². The highest BCUT2D eigenvalue weighted by Gasteiger charge is 2.26. The number of amides is 1. The smallest absolute Gasteiger partial charge is 0.262 e. The lowest BCUT2D eigenvalue weighted by Gasteiger charge is -2.13. The number of benzene rings is 3. The van der Waals surface area contributed by atoms with Gasteiger partial charge < -0.3 is 5.32 Å². The molecule has 126 valence electrons. The van der Waals surface area contributed by atoms with Crippen LogP contribution >= 0.6 is 11.6 Å². The van der Waals surface area contributed by atoms with E-state index >= 15 is 0 Å². The molecule has 4 rings (SSSR count). The second-order valence-corrected chi connectivity index (χ2v) is 7.87. The lowest BCUT2D eigenvalue weighted by atomic mass is 10.1. The number of carbonyl (C=O) groups excluding carboxylic acids is 1. The summed E-state index contributed by atoms with van der Waals surface area (Å²) >= 11 is 6.07. The molecule has 25 heavy (non-hydrogen) atoms. The Balaban J connectivity index is 1.89. The summed E-state index contributed by atoms with van der Waals surface area (Å²) in [5.41, 5.74) is 2.16. The number of halogens is 1. The van der Waals surface area contributed by atoms with E-state index in [0.29, 0.717) is 38.3 Å². The van der Waals surface area contributed by atoms with E-state index in [4.69, 9.17) is 11.6 Å². The number of nitrogens with one attached hydrogen (secondary N) is 2. The highest BCUT2D eigenvalue weighted by Crippen LogP contribution is 2.37. The molecule has 1 heterocycles. The molecular weight excluding hydrogens is 360 g/mol. The molecule has 3 aromatic carbocycles. The summed E-state index contributed by atoms with van der Waals surface area (Å²) in [6.45, 7) is 1.75. The Hall–Kier alpha value is -2.57. The number of hydrogen-bond acceptors (Lipinski definition) is 3. The van der Waals surface area contributed by atoms with Gasteiger partial charge in [-0.15, -0.1) is 0 Å². The van der Waals surface area contributed by atoms with Gasteiger partial charge in [0.25, 0.3) is 15.9 Å². The third-order valence-electron chi connectivity index (χ3n) is 4.29. The maximum atomic E-state index is 12.9. The zero-order chi connectivity index (χ0) is 17.8. The van der Waals surface area contributed by atoms with Crippen molar-refractivity contribution >= 4 is 49.7 Å². The van der Waals surface area contributed by atoms with E-state index in [1.807, 2.05) is 0 Å². The second-order valence-electron chi connectivity index (χ2n) is 5.81. The van der Waals surface area contributed by atoms with Crippen LogP contribution in [0.1, 0.15) is 15.9 Å². The predicted octanol–water partition coefficient (Wildman–Crippen LogP) is 4.17. The van der Waals surface area contributed by atoms with E-state index in [0.717, 1.165) is 0 Å². The molecule has 3 aromatic rings. The van der Waals surface area contributed by atoms with Crippen molar-refractivity contribution in [2.24, 2.45) is 0 Å². The predicted molar refractivity (Wildman–Crippen MR) is 98.9 cm³/mol. The van der Waals surface area contributed by atoms with Gasteiger partial charge in [-0.3, -0.25) is 9.52 Å². The molecular formula is C18H13ClN2O3S. The van der Waals surface area contributed by atoms with Crippen molar-refractivity contribution in [2.75, 3.05) is 10.0 Å². The van der Waals surface area contributed by atoms with Gasteiger partial charge in [0.05, 0.1) is 10.6 Å². The molecule has 0 aliphatic carbocycles. The van der Waals surface area contributed by atoms with Crippen molar-refractivity contribution in [3.63, 3.8) is 0 Å². The lowest BCUT2D eigenvalue weighted by molar-refractivity contribution is 0.103. The Bertz CT molecular complexity index is 1160. The van der Waals surface area contributed by atoms with Gasteiger partial charge in [-0.05, 0) is 42.8 Å². The fourth-order valence-electron chi connectivity index (χ4n) is 3.02. The molecule has 0 saturated carbocycles. The molecule has 0 saturated heterocycles. The number of carbonyl (C=O) groups is 1. The van der Waals surface area contributed by atoms with Crippen LogP contribution < -0.4 is 10.0 Å². The van der Waals surface area contributed by atoms with E-state index in [1.54, 1.807) is 49.4 Å². The Morgan fingerprint density at radius 3 is 2.60 bits per heavy atom. The SMILES string of the molecule is Cc1c(Cl)cccc1NS(=O)(=O)c1ccc2c3c(cccc13)C(=O)N2. The third-order valence-corrected chi connectivity index (χ3v) is 6.13. The summed E-state index contributed by atoms with van der Waals surface area (Å²) in [5.74, 6) is -0.228. The molecule has 0 spiro atoms. The molecule has 1 aliphatic rings. The van der Waals surface area contributed by atoms with Crippen LogP contribution in [0.4, 0.5) is 11.4 Å². The standard InChI is InChI=1S/C18H13ClN2O3S/c1-10-13(19)6-3-7-14(10)21-25(23,24)16-9-8-15-17-11(16)4-2-5-12(17)18(22)20-15/h2-9,21H,1H3,(H,20,22). The van der Waals surface area contributed by atoms with E-state index < -0.39 is 10.0 Å². The molecule has 0 atom stereocenters. The van der Waals surface area contributed by atoms with Gasteiger partial charge in [0.1, 0.15) is 0 Å². The Labute approximate surface area is 149 Å². The Kier molecular flexibility index (Phi) is 3.49. The van der Waals surface area contributed by atoms with Crippen LogP contribution in [0.25, 0.3) is 10.8 Å².